The summed E-state index contributed by atoms with van der Waals surface area (Å²) in [6.45, 7) is 3.96. The van der Waals surface area contributed by atoms with Crippen molar-refractivity contribution >= 4 is 21.9 Å². The van der Waals surface area contributed by atoms with Crippen LogP contribution >= 0.6 is 0 Å². The zero-order valence-corrected chi connectivity index (χ0v) is 13.8. The summed E-state index contributed by atoms with van der Waals surface area (Å²) in [5, 5.41) is 20.5. The van der Waals surface area contributed by atoms with Crippen molar-refractivity contribution in [2.75, 3.05) is 6.54 Å². The molecule has 1 aromatic carbocycles. The molecule has 0 fully saturated rings. The van der Waals surface area contributed by atoms with Crippen LogP contribution in [-0.4, -0.2) is 48.7 Å². The van der Waals surface area contributed by atoms with E-state index in [9.17, 15) is 23.1 Å². The molecule has 8 nitrogen and oxygen atoms in total. The number of nitrogens with one attached hydrogen (secondary N) is 2. The van der Waals surface area contributed by atoms with E-state index in [1.807, 2.05) is 0 Å². The monoisotopic (exact) mass is 344 g/mol. The van der Waals surface area contributed by atoms with E-state index in [0.717, 1.165) is 6.92 Å². The molecule has 128 valence electrons. The van der Waals surface area contributed by atoms with Crippen LogP contribution < -0.4 is 10.0 Å². The van der Waals surface area contributed by atoms with Gasteiger partial charge in [-0.1, -0.05) is 0 Å². The van der Waals surface area contributed by atoms with E-state index < -0.39 is 34.0 Å². The van der Waals surface area contributed by atoms with E-state index in [4.69, 9.17) is 5.11 Å². The minimum atomic E-state index is -3.65. The molecule has 9 heteroatoms. The predicted octanol–water partition coefficient (Wildman–Crippen LogP) is -0.0613. The van der Waals surface area contributed by atoms with Gasteiger partial charge in [0, 0.05) is 11.6 Å². The summed E-state index contributed by atoms with van der Waals surface area (Å²) in [6, 6.07) is 4.89. The van der Waals surface area contributed by atoms with Crippen LogP contribution in [0.2, 0.25) is 0 Å². The molecule has 1 atom stereocenters. The molecule has 0 aliphatic carbocycles. The number of amides is 1. The van der Waals surface area contributed by atoms with E-state index in [1.165, 1.54) is 24.3 Å². The Bertz CT molecular complexity index is 680. The summed E-state index contributed by atoms with van der Waals surface area (Å²) >= 11 is 0. The fourth-order valence-corrected chi connectivity index (χ4v) is 2.84. The second kappa shape index (κ2) is 7.07. The quantitative estimate of drug-likeness (QED) is 0.548. The van der Waals surface area contributed by atoms with E-state index in [2.05, 4.69) is 10.0 Å². The van der Waals surface area contributed by atoms with Crippen LogP contribution in [0.5, 0.6) is 0 Å². The Kier molecular flexibility index (Phi) is 5.86. The zero-order chi connectivity index (χ0) is 17.8. The molecule has 0 saturated carbocycles. The summed E-state index contributed by atoms with van der Waals surface area (Å²) < 4.78 is 26.3. The van der Waals surface area contributed by atoms with Crippen LogP contribution in [0, 0.1) is 0 Å². The molecule has 4 N–H and O–H groups in total. The topological polar surface area (TPSA) is 133 Å². The van der Waals surface area contributed by atoms with Gasteiger partial charge in [-0.3, -0.25) is 4.79 Å². The summed E-state index contributed by atoms with van der Waals surface area (Å²) in [6.07, 6.45) is 0. The van der Waals surface area contributed by atoms with Crippen molar-refractivity contribution in [1.82, 2.24) is 10.0 Å². The highest BCUT2D eigenvalue weighted by Crippen LogP contribution is 2.11. The fraction of sp³-hybridized carbons (Fsp3) is 0.429. The molecule has 1 unspecified atom stereocenters. The second-order valence-corrected chi connectivity index (χ2v) is 7.28. The average molecular weight is 344 g/mol. The first-order chi connectivity index (χ1) is 10.5. The van der Waals surface area contributed by atoms with Crippen LogP contribution in [0.3, 0.4) is 0 Å². The van der Waals surface area contributed by atoms with Gasteiger partial charge in [0.25, 0.3) is 5.91 Å². The number of benzene rings is 1. The number of hydrogen-bond acceptors (Lipinski definition) is 5. The SMILES string of the molecule is CC(C)NS(=O)(=O)c1ccc(C(=O)NCC(C)(O)C(=O)O)cc1. The van der Waals surface area contributed by atoms with Gasteiger partial charge in [-0.25, -0.2) is 17.9 Å². The molecule has 1 aromatic rings. The van der Waals surface area contributed by atoms with Gasteiger partial charge in [0.1, 0.15) is 0 Å². The van der Waals surface area contributed by atoms with Crippen molar-refractivity contribution in [2.24, 2.45) is 0 Å². The lowest BCUT2D eigenvalue weighted by Gasteiger charge is -2.18. The third-order valence-corrected chi connectivity index (χ3v) is 4.55. The van der Waals surface area contributed by atoms with Crippen molar-refractivity contribution in [1.29, 1.82) is 0 Å². The number of aliphatic hydroxyl groups is 1. The molecular formula is C14H20N2O6S. The summed E-state index contributed by atoms with van der Waals surface area (Å²) in [7, 11) is -3.65. The fourth-order valence-electron chi connectivity index (χ4n) is 1.59. The van der Waals surface area contributed by atoms with Gasteiger partial charge < -0.3 is 15.5 Å². The lowest BCUT2D eigenvalue weighted by atomic mass is 10.1. The van der Waals surface area contributed by atoms with Gasteiger partial charge in [-0.05, 0) is 45.0 Å². The molecule has 0 radical (unpaired) electrons. The Morgan fingerprint density at radius 3 is 2.17 bits per heavy atom. The van der Waals surface area contributed by atoms with Crippen LogP contribution in [0.15, 0.2) is 29.2 Å². The Morgan fingerprint density at radius 1 is 1.22 bits per heavy atom. The third kappa shape index (κ3) is 5.31. The number of rotatable bonds is 7. The van der Waals surface area contributed by atoms with Crippen molar-refractivity contribution < 1.29 is 28.2 Å². The molecular weight excluding hydrogens is 324 g/mol. The third-order valence-electron chi connectivity index (χ3n) is 2.87. The standard InChI is InChI=1S/C14H20N2O6S/c1-9(2)16-23(21,22)11-6-4-10(5-7-11)12(17)15-8-14(3,20)13(18)19/h4-7,9,16,20H,8H2,1-3H3,(H,15,17)(H,18,19). The molecule has 1 rings (SSSR count). The first-order valence-electron chi connectivity index (χ1n) is 6.82. The molecule has 0 bridgehead atoms. The molecule has 0 spiro atoms. The predicted molar refractivity (Wildman–Crippen MR) is 82.5 cm³/mol. The Balaban J connectivity index is 2.81. The van der Waals surface area contributed by atoms with Crippen LogP contribution in [0.4, 0.5) is 0 Å². The van der Waals surface area contributed by atoms with E-state index in [0.29, 0.717) is 0 Å². The van der Waals surface area contributed by atoms with Crippen molar-refractivity contribution in [2.45, 2.75) is 37.3 Å². The van der Waals surface area contributed by atoms with Crippen LogP contribution in [-0.2, 0) is 14.8 Å². The largest absolute Gasteiger partial charge is 0.479 e. The number of hydrogen-bond donors (Lipinski definition) is 4. The van der Waals surface area contributed by atoms with E-state index in [1.54, 1.807) is 13.8 Å². The summed E-state index contributed by atoms with van der Waals surface area (Å²) in [4.78, 5) is 22.6. The first-order valence-corrected chi connectivity index (χ1v) is 8.30. The van der Waals surface area contributed by atoms with Crippen molar-refractivity contribution in [3.63, 3.8) is 0 Å². The van der Waals surface area contributed by atoms with Crippen LogP contribution in [0.1, 0.15) is 31.1 Å². The van der Waals surface area contributed by atoms with Gasteiger partial charge >= 0.3 is 5.97 Å². The first kappa shape index (κ1) is 19.1. The molecule has 0 aliphatic rings. The number of carbonyl (C=O) groups is 2. The average Bonchev–Trinajstić information content (AvgIpc) is 2.43. The summed E-state index contributed by atoms with van der Waals surface area (Å²) in [5.74, 6) is -2.08. The number of sulfonamides is 1. The smallest absolute Gasteiger partial charge is 0.337 e. The Labute approximate surface area is 134 Å². The van der Waals surface area contributed by atoms with E-state index >= 15 is 0 Å². The van der Waals surface area contributed by atoms with Gasteiger partial charge in [0.15, 0.2) is 5.60 Å². The van der Waals surface area contributed by atoms with Gasteiger partial charge in [0.05, 0.1) is 11.4 Å². The molecule has 0 aliphatic heterocycles. The van der Waals surface area contributed by atoms with Crippen molar-refractivity contribution in [3.05, 3.63) is 29.8 Å². The van der Waals surface area contributed by atoms with Crippen molar-refractivity contribution in [3.8, 4) is 0 Å². The highest BCUT2D eigenvalue weighted by Gasteiger charge is 2.30. The lowest BCUT2D eigenvalue weighted by molar-refractivity contribution is -0.155. The van der Waals surface area contributed by atoms with Crippen LogP contribution in [0.25, 0.3) is 0 Å². The van der Waals surface area contributed by atoms with Gasteiger partial charge in [-0.2, -0.15) is 0 Å². The maximum atomic E-state index is 11.9. The minimum absolute atomic E-state index is 0.0142. The highest BCUT2D eigenvalue weighted by atomic mass is 32.2. The summed E-state index contributed by atoms with van der Waals surface area (Å²) in [5.41, 5.74) is -1.94. The second-order valence-electron chi connectivity index (χ2n) is 5.56. The molecule has 0 heterocycles. The Hall–Kier alpha value is -1.97. The molecule has 0 aromatic heterocycles. The number of carboxylic acid groups (broad SMARTS) is 1. The zero-order valence-electron chi connectivity index (χ0n) is 13.0. The number of carbonyl (C=O) groups excluding carboxylic acids is 1. The van der Waals surface area contributed by atoms with Gasteiger partial charge in [-0.15, -0.1) is 0 Å². The van der Waals surface area contributed by atoms with E-state index in [-0.39, 0.29) is 16.5 Å². The normalized spacial score (nSPS) is 14.3. The molecule has 1 amide bonds. The lowest BCUT2D eigenvalue weighted by Crippen LogP contribution is -2.46. The molecule has 0 saturated heterocycles. The maximum absolute atomic E-state index is 11.9. The van der Waals surface area contributed by atoms with Gasteiger partial charge in [0.2, 0.25) is 10.0 Å². The maximum Gasteiger partial charge on any atom is 0.337 e. The number of aliphatic carboxylic acids is 1. The molecule has 23 heavy (non-hydrogen) atoms. The Morgan fingerprint density at radius 2 is 1.74 bits per heavy atom. The highest BCUT2D eigenvalue weighted by molar-refractivity contribution is 7.89. The minimum Gasteiger partial charge on any atom is -0.479 e. The number of carboxylic acids is 1.